The molecule has 0 saturated heterocycles. The van der Waals surface area contributed by atoms with E-state index >= 15 is 0 Å². The molecule has 0 aliphatic carbocycles. The fraction of sp³-hybridized carbons (Fsp3) is 0.529. The second kappa shape index (κ2) is 9.16. The molecule has 21 heavy (non-hydrogen) atoms. The van der Waals surface area contributed by atoms with Gasteiger partial charge in [-0.15, -0.1) is 0 Å². The van der Waals surface area contributed by atoms with Crippen LogP contribution in [-0.4, -0.2) is 24.9 Å². The SMILES string of the molecule is CCCCC(=O)NCCNC(=O)c1ccc(C(C)C)cc1. The topological polar surface area (TPSA) is 58.2 Å². The summed E-state index contributed by atoms with van der Waals surface area (Å²) in [7, 11) is 0. The van der Waals surface area contributed by atoms with E-state index in [9.17, 15) is 9.59 Å². The van der Waals surface area contributed by atoms with Crippen LogP contribution in [0, 0.1) is 0 Å². The maximum atomic E-state index is 11.9. The summed E-state index contributed by atoms with van der Waals surface area (Å²) < 4.78 is 0. The third kappa shape index (κ3) is 6.43. The summed E-state index contributed by atoms with van der Waals surface area (Å²) in [5.41, 5.74) is 1.87. The van der Waals surface area contributed by atoms with E-state index in [0.717, 1.165) is 12.8 Å². The number of amides is 2. The summed E-state index contributed by atoms with van der Waals surface area (Å²) in [6, 6.07) is 7.63. The van der Waals surface area contributed by atoms with E-state index in [4.69, 9.17) is 0 Å². The Kier molecular flexibility index (Phi) is 7.51. The predicted molar refractivity (Wildman–Crippen MR) is 85.4 cm³/mol. The van der Waals surface area contributed by atoms with Crippen LogP contribution in [0.2, 0.25) is 0 Å². The van der Waals surface area contributed by atoms with Crippen molar-refractivity contribution < 1.29 is 9.59 Å². The zero-order chi connectivity index (χ0) is 15.7. The number of benzene rings is 1. The van der Waals surface area contributed by atoms with Gasteiger partial charge in [-0.25, -0.2) is 0 Å². The maximum absolute atomic E-state index is 11.9. The van der Waals surface area contributed by atoms with E-state index < -0.39 is 0 Å². The van der Waals surface area contributed by atoms with Gasteiger partial charge in [0.15, 0.2) is 0 Å². The van der Waals surface area contributed by atoms with Gasteiger partial charge in [0.05, 0.1) is 0 Å². The van der Waals surface area contributed by atoms with Gasteiger partial charge in [-0.1, -0.05) is 39.3 Å². The monoisotopic (exact) mass is 290 g/mol. The number of unbranched alkanes of at least 4 members (excludes halogenated alkanes) is 1. The molecule has 0 saturated carbocycles. The molecular weight excluding hydrogens is 264 g/mol. The van der Waals surface area contributed by atoms with Crippen LogP contribution >= 0.6 is 0 Å². The quantitative estimate of drug-likeness (QED) is 0.723. The molecule has 0 fully saturated rings. The molecule has 1 aromatic carbocycles. The van der Waals surface area contributed by atoms with Gasteiger partial charge in [-0.2, -0.15) is 0 Å². The molecule has 0 aromatic heterocycles. The summed E-state index contributed by atoms with van der Waals surface area (Å²) in [5, 5.41) is 5.60. The Morgan fingerprint density at radius 3 is 2.24 bits per heavy atom. The van der Waals surface area contributed by atoms with Crippen molar-refractivity contribution in [3.8, 4) is 0 Å². The molecule has 0 radical (unpaired) electrons. The standard InChI is InChI=1S/C17H26N2O2/c1-4-5-6-16(20)18-11-12-19-17(21)15-9-7-14(8-10-15)13(2)3/h7-10,13H,4-6,11-12H2,1-3H3,(H,18,20)(H,19,21). The molecule has 0 spiro atoms. The molecule has 0 aliphatic rings. The lowest BCUT2D eigenvalue weighted by Crippen LogP contribution is -2.34. The molecule has 1 rings (SSSR count). The highest BCUT2D eigenvalue weighted by Crippen LogP contribution is 2.14. The molecule has 2 amide bonds. The van der Waals surface area contributed by atoms with Gasteiger partial charge in [0.25, 0.3) is 5.91 Å². The van der Waals surface area contributed by atoms with Crippen molar-refractivity contribution in [2.75, 3.05) is 13.1 Å². The van der Waals surface area contributed by atoms with E-state index in [0.29, 0.717) is 31.0 Å². The second-order valence-electron chi connectivity index (χ2n) is 5.49. The van der Waals surface area contributed by atoms with Crippen molar-refractivity contribution in [2.45, 2.75) is 46.0 Å². The summed E-state index contributed by atoms with van der Waals surface area (Å²) in [6.45, 7) is 7.21. The van der Waals surface area contributed by atoms with Crippen LogP contribution in [0.1, 0.15) is 61.9 Å². The molecule has 1 aromatic rings. The summed E-state index contributed by atoms with van der Waals surface area (Å²) in [6.07, 6.45) is 2.47. The second-order valence-corrected chi connectivity index (χ2v) is 5.49. The average Bonchev–Trinajstić information content (AvgIpc) is 2.49. The van der Waals surface area contributed by atoms with Crippen LogP contribution in [-0.2, 0) is 4.79 Å². The van der Waals surface area contributed by atoms with Crippen LogP contribution in [0.4, 0.5) is 0 Å². The highest BCUT2D eigenvalue weighted by Gasteiger charge is 2.06. The summed E-state index contributed by atoms with van der Waals surface area (Å²) in [5.74, 6) is 0.404. The van der Waals surface area contributed by atoms with Crippen LogP contribution < -0.4 is 10.6 Å². The van der Waals surface area contributed by atoms with Gasteiger partial charge in [-0.3, -0.25) is 9.59 Å². The molecule has 0 heterocycles. The van der Waals surface area contributed by atoms with Gasteiger partial charge < -0.3 is 10.6 Å². The Bertz CT molecular complexity index is 452. The molecule has 4 nitrogen and oxygen atoms in total. The van der Waals surface area contributed by atoms with Gasteiger partial charge in [0.1, 0.15) is 0 Å². The summed E-state index contributed by atoms with van der Waals surface area (Å²) >= 11 is 0. The Balaban J connectivity index is 2.29. The van der Waals surface area contributed by atoms with E-state index in [-0.39, 0.29) is 11.8 Å². The van der Waals surface area contributed by atoms with E-state index in [1.54, 1.807) is 0 Å². The largest absolute Gasteiger partial charge is 0.354 e. The highest BCUT2D eigenvalue weighted by atomic mass is 16.2. The third-order valence-corrected chi connectivity index (χ3v) is 3.33. The average molecular weight is 290 g/mol. The van der Waals surface area contributed by atoms with Crippen molar-refractivity contribution in [2.24, 2.45) is 0 Å². The van der Waals surface area contributed by atoms with E-state index in [1.807, 2.05) is 24.3 Å². The fourth-order valence-electron chi connectivity index (χ4n) is 1.93. The number of carbonyl (C=O) groups excluding carboxylic acids is 2. The molecule has 4 heteroatoms. The lowest BCUT2D eigenvalue weighted by Gasteiger charge is -2.08. The first kappa shape index (κ1) is 17.2. The minimum absolute atomic E-state index is 0.0485. The lowest BCUT2D eigenvalue weighted by molar-refractivity contribution is -0.121. The molecule has 2 N–H and O–H groups in total. The summed E-state index contributed by atoms with van der Waals surface area (Å²) in [4.78, 5) is 23.3. The zero-order valence-electron chi connectivity index (χ0n) is 13.2. The molecule has 116 valence electrons. The van der Waals surface area contributed by atoms with Crippen LogP contribution in [0.15, 0.2) is 24.3 Å². The van der Waals surface area contributed by atoms with E-state index in [2.05, 4.69) is 31.4 Å². The lowest BCUT2D eigenvalue weighted by atomic mass is 10.0. The van der Waals surface area contributed by atoms with Crippen molar-refractivity contribution in [1.29, 1.82) is 0 Å². The fourth-order valence-corrected chi connectivity index (χ4v) is 1.93. The number of hydrogen-bond donors (Lipinski definition) is 2. The Labute approximate surface area is 127 Å². The number of nitrogens with one attached hydrogen (secondary N) is 2. The van der Waals surface area contributed by atoms with Crippen molar-refractivity contribution in [1.82, 2.24) is 10.6 Å². The Morgan fingerprint density at radius 1 is 1.05 bits per heavy atom. The van der Waals surface area contributed by atoms with Crippen molar-refractivity contribution in [3.05, 3.63) is 35.4 Å². The minimum Gasteiger partial charge on any atom is -0.354 e. The first-order valence-corrected chi connectivity index (χ1v) is 7.69. The Hall–Kier alpha value is -1.84. The Morgan fingerprint density at radius 2 is 1.67 bits per heavy atom. The predicted octanol–water partition coefficient (Wildman–Crippen LogP) is 2.85. The highest BCUT2D eigenvalue weighted by molar-refractivity contribution is 5.94. The molecule has 0 unspecified atom stereocenters. The van der Waals surface area contributed by atoms with Crippen LogP contribution in [0.3, 0.4) is 0 Å². The van der Waals surface area contributed by atoms with Crippen LogP contribution in [0.5, 0.6) is 0 Å². The first-order valence-electron chi connectivity index (χ1n) is 7.69. The molecule has 0 bridgehead atoms. The minimum atomic E-state index is -0.104. The smallest absolute Gasteiger partial charge is 0.251 e. The van der Waals surface area contributed by atoms with E-state index in [1.165, 1.54) is 5.56 Å². The van der Waals surface area contributed by atoms with Gasteiger partial charge in [0.2, 0.25) is 5.91 Å². The molecule has 0 atom stereocenters. The third-order valence-electron chi connectivity index (χ3n) is 3.33. The number of rotatable bonds is 8. The van der Waals surface area contributed by atoms with Crippen molar-refractivity contribution >= 4 is 11.8 Å². The normalized spacial score (nSPS) is 10.5. The first-order chi connectivity index (χ1) is 10.0. The van der Waals surface area contributed by atoms with Gasteiger partial charge in [0, 0.05) is 25.1 Å². The molecular formula is C17H26N2O2. The van der Waals surface area contributed by atoms with Crippen LogP contribution in [0.25, 0.3) is 0 Å². The zero-order valence-corrected chi connectivity index (χ0v) is 13.2. The number of hydrogen-bond acceptors (Lipinski definition) is 2. The molecule has 0 aliphatic heterocycles. The van der Waals surface area contributed by atoms with Gasteiger partial charge in [-0.05, 0) is 30.0 Å². The number of carbonyl (C=O) groups is 2. The maximum Gasteiger partial charge on any atom is 0.251 e. The van der Waals surface area contributed by atoms with Gasteiger partial charge >= 0.3 is 0 Å². The van der Waals surface area contributed by atoms with Crippen molar-refractivity contribution in [3.63, 3.8) is 0 Å².